The summed E-state index contributed by atoms with van der Waals surface area (Å²) in [5, 5.41) is 12.5. The fourth-order valence-corrected chi connectivity index (χ4v) is 4.30. The van der Waals surface area contributed by atoms with Crippen molar-refractivity contribution in [2.24, 2.45) is 5.92 Å². The summed E-state index contributed by atoms with van der Waals surface area (Å²) in [6.07, 6.45) is 0. The fraction of sp³-hybridized carbons (Fsp3) is 0.643. The quantitative estimate of drug-likeness (QED) is 0.725. The van der Waals surface area contributed by atoms with E-state index < -0.39 is 10.2 Å². The fourth-order valence-electron chi connectivity index (χ4n) is 3.04. The Morgan fingerprint density at radius 3 is 2.76 bits per heavy atom. The zero-order chi connectivity index (χ0) is 17.4. The first-order valence-corrected chi connectivity index (χ1v) is 9.73. The molecule has 10 nitrogen and oxygen atoms in total. The average Bonchev–Trinajstić information content (AvgIpc) is 2.95. The van der Waals surface area contributed by atoms with Gasteiger partial charge in [-0.15, -0.1) is 15.3 Å². The number of hydrogen-bond donors (Lipinski definition) is 1. The Morgan fingerprint density at radius 1 is 1.24 bits per heavy atom. The van der Waals surface area contributed by atoms with Gasteiger partial charge in [-0.05, 0) is 19.1 Å². The Hall–Kier alpha value is -1.82. The third-order valence-corrected chi connectivity index (χ3v) is 6.13. The molecule has 2 fully saturated rings. The number of nitrogens with zero attached hydrogens (tertiary/aromatic N) is 6. The van der Waals surface area contributed by atoms with Crippen molar-refractivity contribution in [3.63, 3.8) is 0 Å². The van der Waals surface area contributed by atoms with E-state index in [4.69, 9.17) is 4.74 Å². The second-order valence-electron chi connectivity index (χ2n) is 6.34. The number of aryl methyl sites for hydroxylation is 1. The van der Waals surface area contributed by atoms with E-state index in [0.29, 0.717) is 32.8 Å². The first kappa shape index (κ1) is 16.6. The van der Waals surface area contributed by atoms with Crippen LogP contribution in [0.4, 0.5) is 5.82 Å². The van der Waals surface area contributed by atoms with Crippen molar-refractivity contribution in [3.8, 4) is 0 Å². The van der Waals surface area contributed by atoms with Gasteiger partial charge in [-0.2, -0.15) is 17.2 Å². The summed E-state index contributed by atoms with van der Waals surface area (Å²) in [6.45, 7) is 5.56. The van der Waals surface area contributed by atoms with Gasteiger partial charge in [0.05, 0.1) is 13.2 Å². The molecule has 0 aromatic carbocycles. The molecule has 0 spiro atoms. The summed E-state index contributed by atoms with van der Waals surface area (Å²) >= 11 is 0. The Labute approximate surface area is 145 Å². The average molecular weight is 367 g/mol. The van der Waals surface area contributed by atoms with E-state index in [1.807, 2.05) is 19.1 Å². The van der Waals surface area contributed by atoms with E-state index in [9.17, 15) is 8.42 Å². The van der Waals surface area contributed by atoms with E-state index in [-0.39, 0.29) is 5.92 Å². The lowest BCUT2D eigenvalue weighted by Crippen LogP contribution is -2.54. The molecule has 0 saturated carbocycles. The molecule has 4 rings (SSSR count). The normalized spacial score (nSPS) is 20.1. The standard InChI is InChI=1S/C14H21N7O3S/c1-11-16-17-13-2-3-14(18-21(11)13)19-9-12(10-19)8-15-25(22,23)20-4-6-24-7-5-20/h2-3,12,15H,4-10H2,1H3. The first-order chi connectivity index (χ1) is 12.0. The predicted molar refractivity (Wildman–Crippen MR) is 90.5 cm³/mol. The zero-order valence-electron chi connectivity index (χ0n) is 14.0. The van der Waals surface area contributed by atoms with Gasteiger partial charge >= 0.3 is 0 Å². The van der Waals surface area contributed by atoms with Gasteiger partial charge < -0.3 is 9.64 Å². The summed E-state index contributed by atoms with van der Waals surface area (Å²) in [7, 11) is -3.42. The second kappa shape index (κ2) is 6.48. The van der Waals surface area contributed by atoms with Crippen LogP contribution in [0.1, 0.15) is 5.82 Å². The molecule has 2 aliphatic rings. The first-order valence-electron chi connectivity index (χ1n) is 8.29. The van der Waals surface area contributed by atoms with Crippen molar-refractivity contribution < 1.29 is 13.2 Å². The minimum atomic E-state index is -3.42. The van der Waals surface area contributed by atoms with Gasteiger partial charge in [0.2, 0.25) is 0 Å². The molecule has 0 bridgehead atoms. The molecule has 0 radical (unpaired) electrons. The maximum Gasteiger partial charge on any atom is 0.279 e. The highest BCUT2D eigenvalue weighted by Gasteiger charge is 2.31. The van der Waals surface area contributed by atoms with Crippen LogP contribution in [0.25, 0.3) is 5.65 Å². The van der Waals surface area contributed by atoms with Gasteiger partial charge in [-0.1, -0.05) is 0 Å². The van der Waals surface area contributed by atoms with E-state index in [1.54, 1.807) is 4.52 Å². The highest BCUT2D eigenvalue weighted by Crippen LogP contribution is 2.22. The number of hydrogen-bond acceptors (Lipinski definition) is 7. The number of nitrogens with one attached hydrogen (secondary N) is 1. The van der Waals surface area contributed by atoms with Crippen LogP contribution in [-0.4, -0.2) is 78.5 Å². The van der Waals surface area contributed by atoms with Gasteiger partial charge in [0.1, 0.15) is 5.82 Å². The van der Waals surface area contributed by atoms with Crippen molar-refractivity contribution >= 4 is 21.7 Å². The van der Waals surface area contributed by atoms with Crippen molar-refractivity contribution in [2.75, 3.05) is 50.8 Å². The number of morpholine rings is 1. The summed E-state index contributed by atoms with van der Waals surface area (Å²) in [6, 6.07) is 3.80. The van der Waals surface area contributed by atoms with Gasteiger partial charge in [-0.3, -0.25) is 0 Å². The number of ether oxygens (including phenoxy) is 1. The van der Waals surface area contributed by atoms with E-state index in [0.717, 1.165) is 30.4 Å². The SMILES string of the molecule is Cc1nnc2ccc(N3CC(CNS(=O)(=O)N4CCOCC4)C3)nn12. The highest BCUT2D eigenvalue weighted by molar-refractivity contribution is 7.87. The maximum absolute atomic E-state index is 12.3. The van der Waals surface area contributed by atoms with Crippen molar-refractivity contribution in [2.45, 2.75) is 6.92 Å². The number of fused-ring (bicyclic) bond motifs is 1. The van der Waals surface area contributed by atoms with Gasteiger partial charge in [0.15, 0.2) is 11.5 Å². The molecular formula is C14H21N7O3S. The Balaban J connectivity index is 1.31. The molecule has 2 aromatic rings. The number of anilines is 1. The molecule has 2 aliphatic heterocycles. The van der Waals surface area contributed by atoms with Crippen LogP contribution in [0.3, 0.4) is 0 Å². The van der Waals surface area contributed by atoms with Crippen LogP contribution < -0.4 is 9.62 Å². The largest absolute Gasteiger partial charge is 0.379 e. The summed E-state index contributed by atoms with van der Waals surface area (Å²) in [4.78, 5) is 2.12. The topological polar surface area (TPSA) is 105 Å². The van der Waals surface area contributed by atoms with Crippen molar-refractivity contribution in [3.05, 3.63) is 18.0 Å². The second-order valence-corrected chi connectivity index (χ2v) is 8.10. The highest BCUT2D eigenvalue weighted by atomic mass is 32.2. The van der Waals surface area contributed by atoms with Crippen LogP contribution in [-0.2, 0) is 14.9 Å². The molecular weight excluding hydrogens is 346 g/mol. The van der Waals surface area contributed by atoms with Crippen LogP contribution in [0.5, 0.6) is 0 Å². The number of aromatic nitrogens is 4. The molecule has 0 amide bonds. The molecule has 2 saturated heterocycles. The molecule has 0 atom stereocenters. The lowest BCUT2D eigenvalue weighted by atomic mass is 10.0. The van der Waals surface area contributed by atoms with E-state index in [1.165, 1.54) is 4.31 Å². The molecule has 1 N–H and O–H groups in total. The monoisotopic (exact) mass is 367 g/mol. The summed E-state index contributed by atoms with van der Waals surface area (Å²) in [5.74, 6) is 1.87. The van der Waals surface area contributed by atoms with Gasteiger partial charge in [0.25, 0.3) is 10.2 Å². The third-order valence-electron chi connectivity index (χ3n) is 4.55. The smallest absolute Gasteiger partial charge is 0.279 e. The lowest BCUT2D eigenvalue weighted by Gasteiger charge is -2.40. The molecule has 11 heteroatoms. The van der Waals surface area contributed by atoms with E-state index >= 15 is 0 Å². The minimum Gasteiger partial charge on any atom is -0.379 e. The molecule has 136 valence electrons. The molecule has 4 heterocycles. The maximum atomic E-state index is 12.3. The molecule has 25 heavy (non-hydrogen) atoms. The van der Waals surface area contributed by atoms with E-state index in [2.05, 4.69) is 24.9 Å². The van der Waals surface area contributed by atoms with Crippen LogP contribution in [0.2, 0.25) is 0 Å². The number of rotatable bonds is 5. The Morgan fingerprint density at radius 2 is 2.00 bits per heavy atom. The third kappa shape index (κ3) is 3.32. The molecule has 2 aromatic heterocycles. The molecule has 0 aliphatic carbocycles. The lowest BCUT2D eigenvalue weighted by molar-refractivity contribution is 0.0724. The minimum absolute atomic E-state index is 0.273. The van der Waals surface area contributed by atoms with Crippen molar-refractivity contribution in [1.29, 1.82) is 0 Å². The summed E-state index contributed by atoms with van der Waals surface area (Å²) < 4.78 is 35.6. The predicted octanol–water partition coefficient (Wildman–Crippen LogP) is -0.964. The van der Waals surface area contributed by atoms with Gasteiger partial charge in [-0.25, -0.2) is 4.72 Å². The van der Waals surface area contributed by atoms with Crippen molar-refractivity contribution in [1.82, 2.24) is 28.8 Å². The Bertz CT molecular complexity index is 856. The Kier molecular flexibility index (Phi) is 4.31. The molecule has 0 unspecified atom stereocenters. The van der Waals surface area contributed by atoms with Crippen LogP contribution >= 0.6 is 0 Å². The summed E-state index contributed by atoms with van der Waals surface area (Å²) in [5.41, 5.74) is 0.719. The zero-order valence-corrected chi connectivity index (χ0v) is 14.8. The van der Waals surface area contributed by atoms with Gasteiger partial charge in [0, 0.05) is 38.6 Å². The van der Waals surface area contributed by atoms with Crippen LogP contribution in [0.15, 0.2) is 12.1 Å². The van der Waals surface area contributed by atoms with Crippen LogP contribution in [0, 0.1) is 12.8 Å².